The topological polar surface area (TPSA) is 89.3 Å². The monoisotopic (exact) mass is 329 g/mol. The molecule has 0 bridgehead atoms. The number of carbonyl (C=O) groups is 2. The van der Waals surface area contributed by atoms with Gasteiger partial charge in [-0.05, 0) is 18.6 Å². The molecule has 3 rings (SSSR count). The molecule has 1 aliphatic heterocycles. The maximum atomic E-state index is 12.6. The van der Waals surface area contributed by atoms with E-state index in [0.717, 1.165) is 5.69 Å². The molecule has 1 aromatic heterocycles. The zero-order valence-electron chi connectivity index (χ0n) is 13.6. The molecule has 2 amide bonds. The van der Waals surface area contributed by atoms with E-state index in [2.05, 4.69) is 15.6 Å². The predicted molar refractivity (Wildman–Crippen MR) is 86.6 cm³/mol. The number of hydrogen-bond donors (Lipinski definition) is 1. The highest BCUT2D eigenvalue weighted by atomic mass is 16.5. The second-order valence-electron chi connectivity index (χ2n) is 5.60. The van der Waals surface area contributed by atoms with Gasteiger partial charge in [0.15, 0.2) is 0 Å². The van der Waals surface area contributed by atoms with Crippen molar-refractivity contribution in [3.05, 3.63) is 36.2 Å². The van der Waals surface area contributed by atoms with Crippen LogP contribution in [0.3, 0.4) is 0 Å². The van der Waals surface area contributed by atoms with Crippen molar-refractivity contribution >= 4 is 17.5 Å². The van der Waals surface area contributed by atoms with Gasteiger partial charge in [-0.15, -0.1) is 5.10 Å². The minimum Gasteiger partial charge on any atom is -0.495 e. The molecule has 1 aromatic carbocycles. The lowest BCUT2D eigenvalue weighted by molar-refractivity contribution is -0.126. The summed E-state index contributed by atoms with van der Waals surface area (Å²) in [5, 5.41) is 10.3. The largest absolute Gasteiger partial charge is 0.495 e. The third-order valence-corrected chi connectivity index (χ3v) is 4.07. The van der Waals surface area contributed by atoms with E-state index < -0.39 is 6.04 Å². The SMILES string of the molecule is COc1ccccc1N1CCC(NC(=O)Cc2cnnn2C)C1=O. The molecule has 126 valence electrons. The van der Waals surface area contributed by atoms with Gasteiger partial charge < -0.3 is 15.0 Å². The maximum absolute atomic E-state index is 12.6. The smallest absolute Gasteiger partial charge is 0.249 e. The third-order valence-electron chi connectivity index (χ3n) is 4.07. The molecule has 0 saturated carbocycles. The summed E-state index contributed by atoms with van der Waals surface area (Å²) in [7, 11) is 3.29. The van der Waals surface area contributed by atoms with E-state index in [9.17, 15) is 9.59 Å². The molecule has 1 saturated heterocycles. The number of amides is 2. The zero-order chi connectivity index (χ0) is 17.1. The quantitative estimate of drug-likeness (QED) is 0.851. The van der Waals surface area contributed by atoms with Crippen LogP contribution in [0.2, 0.25) is 0 Å². The van der Waals surface area contributed by atoms with Crippen molar-refractivity contribution in [3.63, 3.8) is 0 Å². The van der Waals surface area contributed by atoms with E-state index in [1.54, 1.807) is 19.1 Å². The molecule has 1 fully saturated rings. The lowest BCUT2D eigenvalue weighted by Crippen LogP contribution is -2.42. The summed E-state index contributed by atoms with van der Waals surface area (Å²) in [6.07, 6.45) is 2.24. The first-order valence-corrected chi connectivity index (χ1v) is 7.67. The number of nitrogens with zero attached hydrogens (tertiary/aromatic N) is 4. The molecule has 2 aromatic rings. The van der Waals surface area contributed by atoms with Gasteiger partial charge in [-0.2, -0.15) is 0 Å². The summed E-state index contributed by atoms with van der Waals surface area (Å²) in [4.78, 5) is 26.4. The van der Waals surface area contributed by atoms with Gasteiger partial charge in [-0.25, -0.2) is 0 Å². The highest BCUT2D eigenvalue weighted by Crippen LogP contribution is 2.30. The van der Waals surface area contributed by atoms with Crippen molar-refractivity contribution in [1.82, 2.24) is 20.3 Å². The number of methoxy groups -OCH3 is 1. The van der Waals surface area contributed by atoms with E-state index in [1.165, 1.54) is 10.9 Å². The Bertz CT molecular complexity index is 758. The Morgan fingerprint density at radius 3 is 2.92 bits per heavy atom. The molecular weight excluding hydrogens is 310 g/mol. The lowest BCUT2D eigenvalue weighted by atomic mass is 10.2. The van der Waals surface area contributed by atoms with Crippen LogP contribution < -0.4 is 15.0 Å². The number of aryl methyl sites for hydroxylation is 1. The Morgan fingerprint density at radius 1 is 1.42 bits per heavy atom. The summed E-state index contributed by atoms with van der Waals surface area (Å²) in [6.45, 7) is 0.539. The maximum Gasteiger partial charge on any atom is 0.249 e. The van der Waals surface area contributed by atoms with Gasteiger partial charge in [0.2, 0.25) is 11.8 Å². The number of ether oxygens (including phenoxy) is 1. The average Bonchev–Trinajstić information content (AvgIpc) is 3.14. The lowest BCUT2D eigenvalue weighted by Gasteiger charge is -2.19. The molecule has 2 heterocycles. The number of benzene rings is 1. The summed E-state index contributed by atoms with van der Waals surface area (Å²) in [5.74, 6) is 0.287. The van der Waals surface area contributed by atoms with Crippen molar-refractivity contribution < 1.29 is 14.3 Å². The molecule has 1 unspecified atom stereocenters. The van der Waals surface area contributed by atoms with Crippen LogP contribution in [0.1, 0.15) is 12.1 Å². The van der Waals surface area contributed by atoms with Crippen LogP contribution in [0.5, 0.6) is 5.75 Å². The van der Waals surface area contributed by atoms with E-state index in [4.69, 9.17) is 4.74 Å². The highest BCUT2D eigenvalue weighted by molar-refractivity contribution is 6.02. The molecule has 24 heavy (non-hydrogen) atoms. The number of rotatable bonds is 5. The van der Waals surface area contributed by atoms with Gasteiger partial charge in [0.25, 0.3) is 0 Å². The highest BCUT2D eigenvalue weighted by Gasteiger charge is 2.34. The minimum absolute atomic E-state index is 0.129. The Morgan fingerprint density at radius 2 is 2.21 bits per heavy atom. The molecule has 1 N–H and O–H groups in total. The van der Waals surface area contributed by atoms with Crippen LogP contribution in [0.15, 0.2) is 30.5 Å². The second-order valence-corrected chi connectivity index (χ2v) is 5.60. The van der Waals surface area contributed by atoms with E-state index in [0.29, 0.717) is 24.4 Å². The van der Waals surface area contributed by atoms with Crippen molar-refractivity contribution in [3.8, 4) is 5.75 Å². The van der Waals surface area contributed by atoms with Gasteiger partial charge in [0.1, 0.15) is 11.8 Å². The van der Waals surface area contributed by atoms with Crippen molar-refractivity contribution in [2.75, 3.05) is 18.6 Å². The fourth-order valence-corrected chi connectivity index (χ4v) is 2.79. The Hall–Kier alpha value is -2.90. The van der Waals surface area contributed by atoms with Crippen molar-refractivity contribution in [1.29, 1.82) is 0 Å². The van der Waals surface area contributed by atoms with Gasteiger partial charge >= 0.3 is 0 Å². The zero-order valence-corrected chi connectivity index (χ0v) is 13.6. The first-order chi connectivity index (χ1) is 11.6. The average molecular weight is 329 g/mol. The molecule has 8 heteroatoms. The molecule has 1 aliphatic rings. The van der Waals surface area contributed by atoms with E-state index >= 15 is 0 Å². The fourth-order valence-electron chi connectivity index (χ4n) is 2.79. The van der Waals surface area contributed by atoms with Crippen LogP contribution >= 0.6 is 0 Å². The predicted octanol–water partition coefficient (Wildman–Crippen LogP) is 0.288. The van der Waals surface area contributed by atoms with Crippen LogP contribution in [-0.2, 0) is 23.1 Å². The van der Waals surface area contributed by atoms with Gasteiger partial charge in [0.05, 0.1) is 31.1 Å². The number of anilines is 1. The van der Waals surface area contributed by atoms with Crippen LogP contribution in [0.25, 0.3) is 0 Å². The molecule has 1 atom stereocenters. The molecule has 0 radical (unpaired) electrons. The Kier molecular flexibility index (Phi) is 4.45. The van der Waals surface area contributed by atoms with Gasteiger partial charge in [-0.3, -0.25) is 14.3 Å². The summed E-state index contributed by atoms with van der Waals surface area (Å²) >= 11 is 0. The molecular formula is C16H19N5O3. The van der Waals surface area contributed by atoms with Crippen molar-refractivity contribution in [2.45, 2.75) is 18.9 Å². The van der Waals surface area contributed by atoms with Crippen LogP contribution in [-0.4, -0.2) is 46.5 Å². The molecule has 0 spiro atoms. The van der Waals surface area contributed by atoms with Gasteiger partial charge in [0, 0.05) is 13.6 Å². The minimum atomic E-state index is -0.524. The normalized spacial score (nSPS) is 17.2. The van der Waals surface area contributed by atoms with Crippen LogP contribution in [0, 0.1) is 0 Å². The second kappa shape index (κ2) is 6.69. The van der Waals surface area contributed by atoms with Crippen molar-refractivity contribution in [2.24, 2.45) is 7.05 Å². The number of nitrogens with one attached hydrogen (secondary N) is 1. The Balaban J connectivity index is 1.66. The number of hydrogen-bond acceptors (Lipinski definition) is 5. The van der Waals surface area contributed by atoms with Crippen LogP contribution in [0.4, 0.5) is 5.69 Å². The fraction of sp³-hybridized carbons (Fsp3) is 0.375. The number of aromatic nitrogens is 3. The summed E-state index contributed by atoms with van der Waals surface area (Å²) in [5.41, 5.74) is 1.41. The molecule has 8 nitrogen and oxygen atoms in total. The number of para-hydroxylation sites is 2. The number of carbonyl (C=O) groups excluding carboxylic acids is 2. The molecule has 0 aliphatic carbocycles. The first-order valence-electron chi connectivity index (χ1n) is 7.67. The van der Waals surface area contributed by atoms with E-state index in [1.807, 2.05) is 24.3 Å². The first kappa shape index (κ1) is 16.0. The summed E-state index contributed by atoms with van der Waals surface area (Å²) < 4.78 is 6.85. The third kappa shape index (κ3) is 3.08. The van der Waals surface area contributed by atoms with Gasteiger partial charge in [-0.1, -0.05) is 17.3 Å². The standard InChI is InChI=1S/C16H19N5O3/c1-20-11(10-17-19-20)9-15(22)18-12-7-8-21(16(12)23)13-5-3-4-6-14(13)24-2/h3-6,10,12H,7-9H2,1-2H3,(H,18,22). The summed E-state index contributed by atoms with van der Waals surface area (Å²) in [6, 6.07) is 6.83. The van der Waals surface area contributed by atoms with E-state index in [-0.39, 0.29) is 18.2 Å². The Labute approximate surface area is 139 Å².